The van der Waals surface area contributed by atoms with Crippen LogP contribution in [-0.2, 0) is 10.9 Å². The smallest absolute Gasteiger partial charge is 0.112 e. The van der Waals surface area contributed by atoms with Gasteiger partial charge in [0.05, 0.1) is 6.10 Å². The third-order valence-corrected chi connectivity index (χ3v) is 13.5. The normalized spacial score (nSPS) is 45.3. The second-order valence-electron chi connectivity index (χ2n) is 12.2. The number of aliphatic hydroxyl groups is 1. The van der Waals surface area contributed by atoms with E-state index in [0.29, 0.717) is 21.7 Å². The van der Waals surface area contributed by atoms with Gasteiger partial charge in [0.25, 0.3) is 0 Å². The van der Waals surface area contributed by atoms with Crippen molar-refractivity contribution in [2.45, 2.75) is 111 Å². The Bertz CT molecular complexity index is 641. The van der Waals surface area contributed by atoms with Crippen LogP contribution in [0, 0.1) is 40.4 Å². The lowest BCUT2D eigenvalue weighted by molar-refractivity contribution is -0.0568. The quantitative estimate of drug-likeness (QED) is 0.353. The minimum Gasteiger partial charge on any atom is -0.393 e. The highest BCUT2D eigenvalue weighted by atomic mass is 32.2. The molecule has 2 heteroatoms. The summed E-state index contributed by atoms with van der Waals surface area (Å²) < 4.78 is 0. The maximum absolute atomic E-state index is 10.2. The Morgan fingerprint density at radius 3 is 2.53 bits per heavy atom. The van der Waals surface area contributed by atoms with Gasteiger partial charge in [-0.1, -0.05) is 32.4 Å². The van der Waals surface area contributed by atoms with E-state index >= 15 is 0 Å². The summed E-state index contributed by atoms with van der Waals surface area (Å²) in [7, 11) is 0.625. The van der Waals surface area contributed by atoms with E-state index in [2.05, 4.69) is 47.6 Å². The summed E-state index contributed by atoms with van der Waals surface area (Å²) in [5.74, 6) is 7.41. The summed E-state index contributed by atoms with van der Waals surface area (Å²) in [6.07, 6.45) is 14.3. The van der Waals surface area contributed by atoms with Crippen molar-refractivity contribution in [1.29, 1.82) is 0 Å². The van der Waals surface area contributed by atoms with Crippen LogP contribution in [0.3, 0.4) is 0 Å². The van der Waals surface area contributed by atoms with Crippen LogP contribution in [0.15, 0.2) is 11.6 Å². The maximum Gasteiger partial charge on any atom is 0.112 e. The molecular formula is C28H49OS+. The minimum absolute atomic E-state index is 0.0788. The third kappa shape index (κ3) is 3.85. The first kappa shape index (κ1) is 23.2. The molecule has 0 aromatic carbocycles. The molecule has 4 aliphatic carbocycles. The third-order valence-electron chi connectivity index (χ3n) is 10.7. The highest BCUT2D eigenvalue weighted by molar-refractivity contribution is 7.97. The van der Waals surface area contributed by atoms with E-state index in [1.165, 1.54) is 56.5 Å². The second kappa shape index (κ2) is 8.77. The molecule has 4 aliphatic rings. The van der Waals surface area contributed by atoms with Crippen LogP contribution >= 0.6 is 0 Å². The van der Waals surface area contributed by atoms with Crippen molar-refractivity contribution in [3.8, 4) is 0 Å². The largest absolute Gasteiger partial charge is 0.393 e. The lowest BCUT2D eigenvalue weighted by atomic mass is 9.47. The summed E-state index contributed by atoms with van der Waals surface area (Å²) >= 11 is 0. The summed E-state index contributed by atoms with van der Waals surface area (Å²) in [5.41, 5.74) is 2.59. The average molecular weight is 434 g/mol. The van der Waals surface area contributed by atoms with Crippen LogP contribution < -0.4 is 0 Å². The zero-order valence-corrected chi connectivity index (χ0v) is 21.6. The van der Waals surface area contributed by atoms with Gasteiger partial charge in [-0.05, 0) is 130 Å². The standard InChI is InChI=1S/C28H49OS/c1-7-30(19(2)3)17-14-20(4)24-10-11-25-23-9-8-21-18-22(29)12-15-27(21,5)26(23)13-16-28(24,25)6/h8,19-20,22-26,29H,7,9-18H2,1-6H3/q+1/t20-,22+,23?,24?,25?,26?,27+,28-,30?/m1/s1. The van der Waals surface area contributed by atoms with Gasteiger partial charge in [0.15, 0.2) is 0 Å². The summed E-state index contributed by atoms with van der Waals surface area (Å²) in [6, 6.07) is 0. The summed E-state index contributed by atoms with van der Waals surface area (Å²) in [6.45, 7) is 15.1. The van der Waals surface area contributed by atoms with E-state index in [1.54, 1.807) is 5.57 Å². The van der Waals surface area contributed by atoms with Crippen molar-refractivity contribution in [3.05, 3.63) is 11.6 Å². The van der Waals surface area contributed by atoms with Crippen molar-refractivity contribution in [3.63, 3.8) is 0 Å². The first-order chi connectivity index (χ1) is 14.2. The first-order valence-corrected chi connectivity index (χ1v) is 14.9. The highest BCUT2D eigenvalue weighted by Crippen LogP contribution is 2.67. The predicted molar refractivity (Wildman–Crippen MR) is 133 cm³/mol. The van der Waals surface area contributed by atoms with Crippen LogP contribution in [0.4, 0.5) is 0 Å². The highest BCUT2D eigenvalue weighted by Gasteiger charge is 2.59. The van der Waals surface area contributed by atoms with Crippen molar-refractivity contribution in [2.24, 2.45) is 40.4 Å². The molecule has 0 aliphatic heterocycles. The van der Waals surface area contributed by atoms with E-state index in [4.69, 9.17) is 0 Å². The molecule has 4 rings (SSSR count). The van der Waals surface area contributed by atoms with Gasteiger partial charge in [-0.3, -0.25) is 0 Å². The van der Waals surface area contributed by atoms with E-state index in [1.807, 2.05) is 0 Å². The van der Waals surface area contributed by atoms with Crippen molar-refractivity contribution in [2.75, 3.05) is 11.5 Å². The van der Waals surface area contributed by atoms with Crippen LogP contribution in [0.1, 0.15) is 99.3 Å². The molecule has 5 unspecified atom stereocenters. The molecule has 0 saturated heterocycles. The van der Waals surface area contributed by atoms with Crippen LogP contribution in [0.2, 0.25) is 0 Å². The molecule has 0 aromatic rings. The molecule has 0 heterocycles. The summed E-state index contributed by atoms with van der Waals surface area (Å²) in [4.78, 5) is 0. The molecule has 9 atom stereocenters. The molecule has 0 amide bonds. The maximum atomic E-state index is 10.2. The Morgan fingerprint density at radius 1 is 1.07 bits per heavy atom. The van der Waals surface area contributed by atoms with Gasteiger partial charge in [0, 0.05) is 0 Å². The fraction of sp³-hybridized carbons (Fsp3) is 0.929. The van der Waals surface area contributed by atoms with Gasteiger partial charge in [0.1, 0.15) is 16.8 Å². The molecule has 30 heavy (non-hydrogen) atoms. The Balaban J connectivity index is 1.47. The molecule has 0 radical (unpaired) electrons. The number of rotatable bonds is 6. The second-order valence-corrected chi connectivity index (χ2v) is 15.2. The molecule has 1 N–H and O–H groups in total. The molecule has 3 saturated carbocycles. The molecule has 3 fully saturated rings. The fourth-order valence-electron chi connectivity index (χ4n) is 8.87. The molecule has 0 spiro atoms. The van der Waals surface area contributed by atoms with Crippen molar-refractivity contribution >= 4 is 10.9 Å². The molecule has 0 aromatic heterocycles. The van der Waals surface area contributed by atoms with Crippen molar-refractivity contribution < 1.29 is 5.11 Å². The number of hydrogen-bond donors (Lipinski definition) is 1. The first-order valence-electron chi connectivity index (χ1n) is 13.2. The topological polar surface area (TPSA) is 20.2 Å². The zero-order chi connectivity index (χ0) is 21.7. The number of allylic oxidation sites excluding steroid dienone is 1. The molecule has 172 valence electrons. The van der Waals surface area contributed by atoms with Gasteiger partial charge in [-0.15, -0.1) is 0 Å². The van der Waals surface area contributed by atoms with E-state index in [9.17, 15) is 5.11 Å². The van der Waals surface area contributed by atoms with Crippen LogP contribution in [0.5, 0.6) is 0 Å². The van der Waals surface area contributed by atoms with Gasteiger partial charge in [-0.25, -0.2) is 0 Å². The molecule has 0 bridgehead atoms. The van der Waals surface area contributed by atoms with Crippen LogP contribution in [0.25, 0.3) is 0 Å². The number of hydrogen-bond acceptors (Lipinski definition) is 1. The van der Waals surface area contributed by atoms with Gasteiger partial charge in [0.2, 0.25) is 0 Å². The summed E-state index contributed by atoms with van der Waals surface area (Å²) in [5, 5.41) is 11.1. The number of aliphatic hydroxyl groups excluding tert-OH is 1. The Labute approximate surface area is 190 Å². The van der Waals surface area contributed by atoms with Crippen LogP contribution in [-0.4, -0.2) is 28.0 Å². The lowest BCUT2D eigenvalue weighted by Gasteiger charge is -2.58. The lowest BCUT2D eigenvalue weighted by Crippen LogP contribution is -2.50. The van der Waals surface area contributed by atoms with E-state index in [0.717, 1.165) is 47.7 Å². The predicted octanol–water partition coefficient (Wildman–Crippen LogP) is 7.00. The Kier molecular flexibility index (Phi) is 6.79. The fourth-order valence-corrected chi connectivity index (χ4v) is 11.0. The van der Waals surface area contributed by atoms with Gasteiger partial charge in [-0.2, -0.15) is 0 Å². The number of fused-ring (bicyclic) bond motifs is 5. The zero-order valence-electron chi connectivity index (χ0n) is 20.8. The monoisotopic (exact) mass is 433 g/mol. The average Bonchev–Trinajstić information content (AvgIpc) is 3.06. The van der Waals surface area contributed by atoms with E-state index < -0.39 is 0 Å². The molecular weight excluding hydrogens is 384 g/mol. The van der Waals surface area contributed by atoms with Gasteiger partial charge >= 0.3 is 0 Å². The minimum atomic E-state index is -0.0788. The Hall–Kier alpha value is 0.0500. The SMILES string of the molecule is CC[S+](CC[C@@H](C)C1CCC2C3CC=C4C[C@@H](O)CC[C@]4(C)C3CC[C@@]21C)C(C)C. The Morgan fingerprint density at radius 2 is 1.83 bits per heavy atom. The van der Waals surface area contributed by atoms with Crippen molar-refractivity contribution in [1.82, 2.24) is 0 Å². The van der Waals surface area contributed by atoms with E-state index in [-0.39, 0.29) is 6.10 Å². The molecule has 1 nitrogen and oxygen atoms in total. The van der Waals surface area contributed by atoms with Gasteiger partial charge < -0.3 is 5.11 Å².